The van der Waals surface area contributed by atoms with Crippen molar-refractivity contribution in [1.82, 2.24) is 9.21 Å². The van der Waals surface area contributed by atoms with Gasteiger partial charge in [-0.3, -0.25) is 4.79 Å². The molecule has 0 saturated carbocycles. The average Bonchev–Trinajstić information content (AvgIpc) is 3.39. The number of hydrogen-bond acceptors (Lipinski definition) is 5. The molecule has 2 N–H and O–H groups in total. The standard InChI is InChI=1S/C23H30N4O5S/c1-17-21(33(30,31)27-14-6-7-15-27)16-20(32-17)22(28)24-18-8-10-19(11-9-18)25-23(29)26-12-4-2-3-5-13-26/h8-11,16H,2-7,12-15H2,1H3,(H,24,28)(H,25,29). The van der Waals surface area contributed by atoms with E-state index in [9.17, 15) is 18.0 Å². The highest BCUT2D eigenvalue weighted by molar-refractivity contribution is 7.89. The Balaban J connectivity index is 1.38. The number of nitrogens with one attached hydrogen (secondary N) is 2. The first kappa shape index (κ1) is 23.3. The molecule has 2 aromatic rings. The Bertz CT molecular complexity index is 1100. The number of hydrogen-bond donors (Lipinski definition) is 2. The van der Waals surface area contributed by atoms with Crippen LogP contribution >= 0.6 is 0 Å². The lowest BCUT2D eigenvalue weighted by atomic mass is 10.2. The lowest BCUT2D eigenvalue weighted by Gasteiger charge is -2.20. The molecule has 33 heavy (non-hydrogen) atoms. The largest absolute Gasteiger partial charge is 0.455 e. The van der Waals surface area contributed by atoms with Gasteiger partial charge in [0, 0.05) is 43.6 Å². The smallest absolute Gasteiger partial charge is 0.321 e. The normalized spacial score (nSPS) is 17.5. The van der Waals surface area contributed by atoms with Crippen LogP contribution in [0.15, 0.2) is 39.6 Å². The summed E-state index contributed by atoms with van der Waals surface area (Å²) in [5.41, 5.74) is 1.14. The van der Waals surface area contributed by atoms with Crippen molar-refractivity contribution >= 4 is 33.3 Å². The van der Waals surface area contributed by atoms with Crippen molar-refractivity contribution in [1.29, 1.82) is 0 Å². The third-order valence-electron chi connectivity index (χ3n) is 6.07. The Labute approximate surface area is 194 Å². The van der Waals surface area contributed by atoms with E-state index < -0.39 is 15.9 Å². The van der Waals surface area contributed by atoms with E-state index >= 15 is 0 Å². The number of rotatable bonds is 5. The minimum absolute atomic E-state index is 0.0288. The fraction of sp³-hybridized carbons (Fsp3) is 0.478. The average molecular weight is 475 g/mol. The molecule has 2 fully saturated rings. The van der Waals surface area contributed by atoms with Crippen LogP contribution in [-0.4, -0.2) is 55.7 Å². The predicted octanol–water partition coefficient (Wildman–Crippen LogP) is 4.03. The number of likely N-dealkylation sites (tertiary alicyclic amines) is 1. The highest BCUT2D eigenvalue weighted by atomic mass is 32.2. The molecule has 1 aromatic heterocycles. The molecule has 178 valence electrons. The van der Waals surface area contributed by atoms with Crippen molar-refractivity contribution in [3.63, 3.8) is 0 Å². The van der Waals surface area contributed by atoms with Gasteiger partial charge in [0.05, 0.1) is 0 Å². The zero-order chi connectivity index (χ0) is 23.4. The summed E-state index contributed by atoms with van der Waals surface area (Å²) >= 11 is 0. The number of carbonyl (C=O) groups excluding carboxylic acids is 2. The Morgan fingerprint density at radius 1 is 0.848 bits per heavy atom. The van der Waals surface area contributed by atoms with E-state index in [2.05, 4.69) is 10.6 Å². The van der Waals surface area contributed by atoms with E-state index in [-0.39, 0.29) is 22.4 Å². The van der Waals surface area contributed by atoms with Crippen LogP contribution in [0.5, 0.6) is 0 Å². The summed E-state index contributed by atoms with van der Waals surface area (Å²) in [7, 11) is -3.67. The van der Waals surface area contributed by atoms with Crippen molar-refractivity contribution in [2.45, 2.75) is 50.3 Å². The zero-order valence-electron chi connectivity index (χ0n) is 18.8. The molecule has 0 bridgehead atoms. The van der Waals surface area contributed by atoms with E-state index in [1.807, 2.05) is 4.90 Å². The Morgan fingerprint density at radius 3 is 2.00 bits per heavy atom. The van der Waals surface area contributed by atoms with Crippen LogP contribution in [0.25, 0.3) is 0 Å². The summed E-state index contributed by atoms with van der Waals surface area (Å²) < 4.78 is 32.5. The first-order valence-electron chi connectivity index (χ1n) is 11.4. The van der Waals surface area contributed by atoms with Crippen molar-refractivity contribution in [3.8, 4) is 0 Å². The number of carbonyl (C=O) groups is 2. The van der Waals surface area contributed by atoms with Gasteiger partial charge < -0.3 is 20.0 Å². The maximum Gasteiger partial charge on any atom is 0.321 e. The van der Waals surface area contributed by atoms with Crippen LogP contribution < -0.4 is 10.6 Å². The Kier molecular flexibility index (Phi) is 7.04. The molecule has 3 heterocycles. The van der Waals surface area contributed by atoms with Crippen LogP contribution in [0.1, 0.15) is 54.8 Å². The molecule has 3 amide bonds. The first-order chi connectivity index (χ1) is 15.8. The lowest BCUT2D eigenvalue weighted by molar-refractivity contribution is 0.0995. The molecule has 0 aliphatic carbocycles. The molecule has 10 heteroatoms. The number of benzene rings is 1. The monoisotopic (exact) mass is 474 g/mol. The molecule has 0 atom stereocenters. The molecule has 0 spiro atoms. The van der Waals surface area contributed by atoms with Crippen molar-refractivity contribution in [2.24, 2.45) is 0 Å². The van der Waals surface area contributed by atoms with Gasteiger partial charge in [0.1, 0.15) is 10.7 Å². The number of nitrogens with zero attached hydrogens (tertiary/aromatic N) is 2. The molecular formula is C23H30N4O5S. The van der Waals surface area contributed by atoms with Crippen molar-refractivity contribution in [3.05, 3.63) is 41.9 Å². The summed E-state index contributed by atoms with van der Waals surface area (Å²) in [6.07, 6.45) is 6.01. The van der Waals surface area contributed by atoms with Crippen LogP contribution in [0, 0.1) is 6.92 Å². The van der Waals surface area contributed by atoms with Crippen molar-refractivity contribution < 1.29 is 22.4 Å². The number of aryl methyl sites for hydroxylation is 1. The second-order valence-corrected chi connectivity index (χ2v) is 10.4. The van der Waals surface area contributed by atoms with E-state index in [1.165, 1.54) is 10.4 Å². The topological polar surface area (TPSA) is 112 Å². The van der Waals surface area contributed by atoms with Gasteiger partial charge in [-0.25, -0.2) is 13.2 Å². The fourth-order valence-electron chi connectivity index (χ4n) is 4.21. The highest BCUT2D eigenvalue weighted by Gasteiger charge is 2.31. The molecular weight excluding hydrogens is 444 g/mol. The van der Waals surface area contributed by atoms with E-state index in [4.69, 9.17) is 4.42 Å². The molecule has 0 unspecified atom stereocenters. The molecule has 2 aliphatic heterocycles. The van der Waals surface area contributed by atoms with Gasteiger partial charge in [-0.15, -0.1) is 0 Å². The van der Waals surface area contributed by atoms with Gasteiger partial charge in [-0.05, 0) is 56.9 Å². The molecule has 1 aromatic carbocycles. The minimum atomic E-state index is -3.67. The molecule has 2 saturated heterocycles. The van der Waals surface area contributed by atoms with Crippen LogP contribution in [0.4, 0.5) is 16.2 Å². The zero-order valence-corrected chi connectivity index (χ0v) is 19.6. The molecule has 2 aliphatic rings. The molecule has 0 radical (unpaired) electrons. The Morgan fingerprint density at radius 2 is 1.39 bits per heavy atom. The quantitative estimate of drug-likeness (QED) is 0.679. The van der Waals surface area contributed by atoms with E-state index in [1.54, 1.807) is 31.2 Å². The van der Waals surface area contributed by atoms with Gasteiger partial charge in [0.25, 0.3) is 5.91 Å². The lowest BCUT2D eigenvalue weighted by Crippen LogP contribution is -2.35. The van der Waals surface area contributed by atoms with Gasteiger partial charge >= 0.3 is 6.03 Å². The second-order valence-electron chi connectivity index (χ2n) is 8.51. The summed E-state index contributed by atoms with van der Waals surface area (Å²) in [5, 5.41) is 5.60. The summed E-state index contributed by atoms with van der Waals surface area (Å²) in [6.45, 7) is 4.03. The number of urea groups is 1. The Hall–Kier alpha value is -2.85. The molecule has 4 rings (SSSR count). The highest BCUT2D eigenvalue weighted by Crippen LogP contribution is 2.27. The van der Waals surface area contributed by atoms with Gasteiger partial charge in [-0.2, -0.15) is 4.31 Å². The number of amides is 3. The van der Waals surface area contributed by atoms with Gasteiger partial charge in [0.15, 0.2) is 5.76 Å². The number of furan rings is 1. The van der Waals surface area contributed by atoms with Crippen LogP contribution in [0.2, 0.25) is 0 Å². The maximum absolute atomic E-state index is 12.8. The third kappa shape index (κ3) is 5.39. The predicted molar refractivity (Wildman–Crippen MR) is 125 cm³/mol. The summed E-state index contributed by atoms with van der Waals surface area (Å²) in [6, 6.07) is 7.94. The SMILES string of the molecule is Cc1oc(C(=O)Nc2ccc(NC(=O)N3CCCCCC3)cc2)cc1S(=O)(=O)N1CCCC1. The number of sulfonamides is 1. The molecule has 9 nitrogen and oxygen atoms in total. The van der Waals surface area contributed by atoms with Gasteiger partial charge in [0.2, 0.25) is 10.0 Å². The third-order valence-corrected chi connectivity index (χ3v) is 8.07. The first-order valence-corrected chi connectivity index (χ1v) is 12.9. The van der Waals surface area contributed by atoms with Crippen LogP contribution in [0.3, 0.4) is 0 Å². The van der Waals surface area contributed by atoms with E-state index in [0.29, 0.717) is 24.5 Å². The maximum atomic E-state index is 12.8. The van der Waals surface area contributed by atoms with Gasteiger partial charge in [-0.1, -0.05) is 12.8 Å². The summed E-state index contributed by atoms with van der Waals surface area (Å²) in [5.74, 6) is -0.412. The fourth-order valence-corrected chi connectivity index (χ4v) is 5.88. The van der Waals surface area contributed by atoms with E-state index in [0.717, 1.165) is 51.6 Å². The number of anilines is 2. The summed E-state index contributed by atoms with van der Waals surface area (Å²) in [4.78, 5) is 27.0. The van der Waals surface area contributed by atoms with Crippen LogP contribution in [-0.2, 0) is 10.0 Å². The second kappa shape index (κ2) is 9.96. The van der Waals surface area contributed by atoms with Crippen molar-refractivity contribution in [2.75, 3.05) is 36.8 Å². The minimum Gasteiger partial charge on any atom is -0.455 e.